The second kappa shape index (κ2) is 10.4. The zero-order chi connectivity index (χ0) is 18.8. The Kier molecular flexibility index (Phi) is 7.93. The van der Waals surface area contributed by atoms with Crippen LogP contribution in [0.25, 0.3) is 11.0 Å². The third-order valence-electron chi connectivity index (χ3n) is 4.23. The van der Waals surface area contributed by atoms with Crippen molar-refractivity contribution >= 4 is 16.9 Å². The van der Waals surface area contributed by atoms with Crippen molar-refractivity contribution in [3.05, 3.63) is 52.6 Å². The van der Waals surface area contributed by atoms with Crippen LogP contribution < -0.4 is 10.4 Å². The Labute approximate surface area is 153 Å². The Morgan fingerprint density at radius 2 is 1.85 bits per heavy atom. The molecule has 0 aliphatic carbocycles. The van der Waals surface area contributed by atoms with E-state index in [1.165, 1.54) is 6.07 Å². The van der Waals surface area contributed by atoms with E-state index in [4.69, 9.17) is 14.3 Å². The van der Waals surface area contributed by atoms with Crippen LogP contribution in [0.4, 0.5) is 0 Å². The molecule has 0 fully saturated rings. The predicted molar refractivity (Wildman–Crippen MR) is 102 cm³/mol. The largest absolute Gasteiger partial charge is 0.481 e. The summed E-state index contributed by atoms with van der Waals surface area (Å²) in [6.45, 7) is 1.88. The van der Waals surface area contributed by atoms with Gasteiger partial charge in [-0.15, -0.1) is 0 Å². The molecule has 0 unspecified atom stereocenters. The maximum atomic E-state index is 11.4. The predicted octanol–water partition coefficient (Wildman–Crippen LogP) is 5.20. The van der Waals surface area contributed by atoms with Crippen molar-refractivity contribution in [1.82, 2.24) is 0 Å². The molecule has 1 heterocycles. The lowest BCUT2D eigenvalue weighted by atomic mass is 10.1. The number of allylic oxidation sites excluding steroid dienone is 1. The number of rotatable bonds is 11. The Morgan fingerprint density at radius 3 is 2.62 bits per heavy atom. The number of carboxylic acid groups (broad SMARTS) is 1. The molecule has 0 bridgehead atoms. The minimum Gasteiger partial charge on any atom is -0.481 e. The molecule has 0 saturated carbocycles. The van der Waals surface area contributed by atoms with Gasteiger partial charge in [-0.25, -0.2) is 4.79 Å². The van der Waals surface area contributed by atoms with E-state index in [1.54, 1.807) is 12.3 Å². The summed E-state index contributed by atoms with van der Waals surface area (Å²) in [5.74, 6) is -0.0697. The zero-order valence-corrected chi connectivity index (χ0v) is 15.2. The van der Waals surface area contributed by atoms with E-state index < -0.39 is 5.97 Å². The summed E-state index contributed by atoms with van der Waals surface area (Å²) >= 11 is 0. The van der Waals surface area contributed by atoms with E-state index in [0.717, 1.165) is 55.9 Å². The lowest BCUT2D eigenvalue weighted by molar-refractivity contribution is -0.137. The van der Waals surface area contributed by atoms with Crippen molar-refractivity contribution in [2.24, 2.45) is 0 Å². The highest BCUT2D eigenvalue weighted by molar-refractivity contribution is 5.81. The molecule has 0 aliphatic heterocycles. The topological polar surface area (TPSA) is 76.7 Å². The van der Waals surface area contributed by atoms with Gasteiger partial charge in [0.2, 0.25) is 0 Å². The summed E-state index contributed by atoms with van der Waals surface area (Å²) < 4.78 is 10.8. The highest BCUT2D eigenvalue weighted by Gasteiger charge is 2.03. The van der Waals surface area contributed by atoms with Crippen LogP contribution in [0.5, 0.6) is 5.75 Å². The highest BCUT2D eigenvalue weighted by atomic mass is 16.5. The van der Waals surface area contributed by atoms with Crippen molar-refractivity contribution in [2.75, 3.05) is 0 Å². The quantitative estimate of drug-likeness (QED) is 0.339. The van der Waals surface area contributed by atoms with Gasteiger partial charge >= 0.3 is 11.6 Å². The molecular weight excluding hydrogens is 332 g/mol. The number of aliphatic carboxylic acids is 1. The van der Waals surface area contributed by atoms with Crippen molar-refractivity contribution in [1.29, 1.82) is 0 Å². The average molecular weight is 358 g/mol. The van der Waals surface area contributed by atoms with Crippen LogP contribution in [0.2, 0.25) is 0 Å². The standard InChI is InChI=1S/C21H26O5/c1-16-14-21(24)26-19-15-17(11-12-18(16)19)25-13-9-7-5-3-2-4-6-8-10-20(22)23/h9,11-15H,2-8,10H2,1H3,(H,22,23)/b13-9+. The fourth-order valence-electron chi connectivity index (χ4n) is 2.82. The summed E-state index contributed by atoms with van der Waals surface area (Å²) in [6, 6.07) is 6.96. The fraction of sp³-hybridized carbons (Fsp3) is 0.429. The van der Waals surface area contributed by atoms with Gasteiger partial charge < -0.3 is 14.3 Å². The van der Waals surface area contributed by atoms with E-state index in [2.05, 4.69) is 0 Å². The van der Waals surface area contributed by atoms with Gasteiger partial charge in [0.05, 0.1) is 6.26 Å². The minimum absolute atomic E-state index is 0.276. The minimum atomic E-state index is -0.709. The van der Waals surface area contributed by atoms with Gasteiger partial charge in [0, 0.05) is 23.9 Å². The summed E-state index contributed by atoms with van der Waals surface area (Å²) in [4.78, 5) is 21.8. The molecule has 1 N–H and O–H groups in total. The Bertz CT molecular complexity index is 804. The number of carbonyl (C=O) groups is 1. The molecule has 26 heavy (non-hydrogen) atoms. The van der Waals surface area contributed by atoms with Crippen molar-refractivity contribution in [2.45, 2.75) is 58.3 Å². The Morgan fingerprint density at radius 1 is 1.12 bits per heavy atom. The average Bonchev–Trinajstić information content (AvgIpc) is 2.59. The van der Waals surface area contributed by atoms with Crippen LogP contribution >= 0.6 is 0 Å². The first-order valence-corrected chi connectivity index (χ1v) is 9.14. The van der Waals surface area contributed by atoms with E-state index in [9.17, 15) is 9.59 Å². The number of unbranched alkanes of at least 4 members (excludes halogenated alkanes) is 6. The molecular formula is C21H26O5. The van der Waals surface area contributed by atoms with E-state index >= 15 is 0 Å². The monoisotopic (exact) mass is 358 g/mol. The maximum absolute atomic E-state index is 11.4. The first-order chi connectivity index (χ1) is 12.6. The van der Waals surface area contributed by atoms with Crippen LogP contribution in [0.1, 0.15) is 56.9 Å². The molecule has 0 radical (unpaired) electrons. The van der Waals surface area contributed by atoms with Gasteiger partial charge in [0.25, 0.3) is 0 Å². The molecule has 0 amide bonds. The van der Waals surface area contributed by atoms with Gasteiger partial charge in [-0.1, -0.05) is 25.7 Å². The number of aryl methyl sites for hydroxylation is 1. The summed E-state index contributed by atoms with van der Waals surface area (Å²) in [5, 5.41) is 9.46. The maximum Gasteiger partial charge on any atom is 0.336 e. The second-order valence-electron chi connectivity index (χ2n) is 6.45. The van der Waals surface area contributed by atoms with Crippen molar-refractivity contribution in [3.8, 4) is 5.75 Å². The number of benzene rings is 1. The normalized spacial score (nSPS) is 11.3. The number of hydrogen-bond donors (Lipinski definition) is 1. The number of fused-ring (bicyclic) bond motifs is 1. The van der Waals surface area contributed by atoms with Crippen LogP contribution in [0.3, 0.4) is 0 Å². The van der Waals surface area contributed by atoms with Crippen LogP contribution in [0, 0.1) is 6.92 Å². The molecule has 1 aromatic carbocycles. The molecule has 0 spiro atoms. The smallest absolute Gasteiger partial charge is 0.336 e. The van der Waals surface area contributed by atoms with Crippen LogP contribution in [-0.2, 0) is 4.79 Å². The summed E-state index contributed by atoms with van der Waals surface area (Å²) in [5.41, 5.74) is 1.07. The Balaban J connectivity index is 1.65. The van der Waals surface area contributed by atoms with Gasteiger partial charge in [-0.05, 0) is 50.0 Å². The molecule has 5 heteroatoms. The summed E-state index contributed by atoms with van der Waals surface area (Å²) in [6.07, 6.45) is 11.1. The number of carboxylic acids is 1. The molecule has 0 atom stereocenters. The number of hydrogen-bond acceptors (Lipinski definition) is 4. The van der Waals surface area contributed by atoms with Gasteiger partial charge in [0.15, 0.2) is 0 Å². The lowest BCUT2D eigenvalue weighted by Gasteiger charge is -2.03. The SMILES string of the molecule is Cc1cc(=O)oc2cc(O/C=C/CCCCCCCCC(=O)O)ccc12. The Hall–Kier alpha value is -2.56. The lowest BCUT2D eigenvalue weighted by Crippen LogP contribution is -1.97. The van der Waals surface area contributed by atoms with Gasteiger partial charge in [0.1, 0.15) is 11.3 Å². The zero-order valence-electron chi connectivity index (χ0n) is 15.2. The van der Waals surface area contributed by atoms with E-state index in [-0.39, 0.29) is 12.0 Å². The van der Waals surface area contributed by atoms with Crippen molar-refractivity contribution in [3.63, 3.8) is 0 Å². The third-order valence-corrected chi connectivity index (χ3v) is 4.23. The summed E-state index contributed by atoms with van der Waals surface area (Å²) in [7, 11) is 0. The highest BCUT2D eigenvalue weighted by Crippen LogP contribution is 2.22. The third kappa shape index (κ3) is 6.75. The van der Waals surface area contributed by atoms with Crippen molar-refractivity contribution < 1.29 is 19.1 Å². The molecule has 0 saturated heterocycles. The van der Waals surface area contributed by atoms with Crippen LogP contribution in [0.15, 0.2) is 45.8 Å². The first kappa shape index (κ1) is 19.8. The molecule has 5 nitrogen and oxygen atoms in total. The molecule has 0 aliphatic rings. The fourth-order valence-corrected chi connectivity index (χ4v) is 2.82. The number of ether oxygens (including phenoxy) is 1. The van der Waals surface area contributed by atoms with Gasteiger partial charge in [-0.2, -0.15) is 0 Å². The molecule has 2 aromatic rings. The first-order valence-electron chi connectivity index (χ1n) is 9.14. The van der Waals surface area contributed by atoms with Crippen LogP contribution in [-0.4, -0.2) is 11.1 Å². The second-order valence-corrected chi connectivity index (χ2v) is 6.45. The van der Waals surface area contributed by atoms with E-state index in [0.29, 0.717) is 11.3 Å². The molecule has 1 aromatic heterocycles. The molecule has 2 rings (SSSR count). The van der Waals surface area contributed by atoms with Gasteiger partial charge in [-0.3, -0.25) is 4.79 Å². The van der Waals surface area contributed by atoms with E-state index in [1.807, 2.05) is 25.1 Å². The molecule has 140 valence electrons.